The molecule has 3 aromatic rings. The SMILES string of the molecule is CCCC#CCOc1c(N2CCN(S(=O)(=O)Cc3ccccc3)CC2)cnn(-c2cccc(Cl)c2)c1=O. The van der Waals surface area contributed by atoms with E-state index in [1.165, 1.54) is 8.99 Å². The number of hydrogen-bond donors (Lipinski definition) is 0. The van der Waals surface area contributed by atoms with Gasteiger partial charge < -0.3 is 9.64 Å². The van der Waals surface area contributed by atoms with Crippen LogP contribution >= 0.6 is 11.6 Å². The van der Waals surface area contributed by atoms with Crippen LogP contribution in [0.3, 0.4) is 0 Å². The van der Waals surface area contributed by atoms with Gasteiger partial charge in [-0.3, -0.25) is 4.79 Å². The van der Waals surface area contributed by atoms with Gasteiger partial charge in [0.05, 0.1) is 17.6 Å². The monoisotopic (exact) mass is 540 g/mol. The normalized spacial score (nSPS) is 14.2. The Hall–Kier alpha value is -3.32. The summed E-state index contributed by atoms with van der Waals surface area (Å²) in [7, 11) is -3.47. The van der Waals surface area contributed by atoms with Crippen LogP contribution in [0.1, 0.15) is 25.3 Å². The zero-order valence-corrected chi connectivity index (χ0v) is 22.2. The molecule has 1 aromatic heterocycles. The molecule has 0 saturated carbocycles. The number of unbranched alkanes of at least 4 members (excludes halogenated alkanes) is 1. The predicted molar refractivity (Wildman–Crippen MR) is 146 cm³/mol. The van der Waals surface area contributed by atoms with Crippen LogP contribution in [0.4, 0.5) is 5.69 Å². The lowest BCUT2D eigenvalue weighted by atomic mass is 10.2. The molecule has 0 aliphatic carbocycles. The van der Waals surface area contributed by atoms with Gasteiger partial charge in [-0.15, -0.1) is 0 Å². The number of anilines is 1. The first-order valence-corrected chi connectivity index (χ1v) is 14.1. The van der Waals surface area contributed by atoms with Gasteiger partial charge >= 0.3 is 5.56 Å². The maximum atomic E-state index is 13.4. The molecule has 0 amide bonds. The van der Waals surface area contributed by atoms with E-state index in [-0.39, 0.29) is 18.1 Å². The zero-order valence-electron chi connectivity index (χ0n) is 20.6. The molecule has 0 spiro atoms. The first-order chi connectivity index (χ1) is 17.9. The molecule has 1 saturated heterocycles. The Morgan fingerprint density at radius 3 is 2.49 bits per heavy atom. The lowest BCUT2D eigenvalue weighted by Crippen LogP contribution is -2.49. The van der Waals surface area contributed by atoms with Crippen LogP contribution in [-0.4, -0.2) is 55.3 Å². The fraction of sp³-hybridized carbons (Fsp3) is 0.333. The number of aromatic nitrogens is 2. The van der Waals surface area contributed by atoms with Crippen LogP contribution in [0.5, 0.6) is 5.75 Å². The minimum atomic E-state index is -3.47. The number of halogens is 1. The third kappa shape index (κ3) is 6.72. The number of rotatable bonds is 8. The highest BCUT2D eigenvalue weighted by Gasteiger charge is 2.29. The highest BCUT2D eigenvalue weighted by Crippen LogP contribution is 2.26. The van der Waals surface area contributed by atoms with Gasteiger partial charge in [0.2, 0.25) is 15.8 Å². The maximum absolute atomic E-state index is 13.4. The van der Waals surface area contributed by atoms with Crippen molar-refractivity contribution in [1.82, 2.24) is 14.1 Å². The summed E-state index contributed by atoms with van der Waals surface area (Å²) in [6.07, 6.45) is 3.26. The highest BCUT2D eigenvalue weighted by atomic mass is 35.5. The van der Waals surface area contributed by atoms with Crippen LogP contribution in [0.25, 0.3) is 5.69 Å². The molecule has 4 rings (SSSR count). The first kappa shape index (κ1) is 26.7. The Bertz CT molecular complexity index is 1440. The molecule has 10 heteroatoms. The van der Waals surface area contributed by atoms with E-state index in [1.54, 1.807) is 42.6 Å². The molecule has 194 valence electrons. The smallest absolute Gasteiger partial charge is 0.316 e. The number of ether oxygens (including phenoxy) is 1. The van der Waals surface area contributed by atoms with Crippen molar-refractivity contribution in [1.29, 1.82) is 0 Å². The molecule has 0 N–H and O–H groups in total. The summed E-state index contributed by atoms with van der Waals surface area (Å²) >= 11 is 6.12. The summed E-state index contributed by atoms with van der Waals surface area (Å²) in [4.78, 5) is 15.4. The number of sulfonamides is 1. The Morgan fingerprint density at radius 1 is 1.03 bits per heavy atom. The average Bonchev–Trinajstić information content (AvgIpc) is 2.89. The predicted octanol–water partition coefficient (Wildman–Crippen LogP) is 3.72. The molecule has 2 heterocycles. The summed E-state index contributed by atoms with van der Waals surface area (Å²) < 4.78 is 34.5. The third-order valence-electron chi connectivity index (χ3n) is 5.92. The van der Waals surface area contributed by atoms with Gasteiger partial charge in [0, 0.05) is 37.6 Å². The van der Waals surface area contributed by atoms with E-state index in [0.717, 1.165) is 18.4 Å². The standard InChI is InChI=1S/C27H29ClN4O4S/c1-2-3-4-8-18-36-26-25(20-29-32(27(26)33)24-13-9-12-23(28)19-24)30-14-16-31(17-15-30)37(34,35)21-22-10-6-5-7-11-22/h5-7,9-13,19-20H,2-3,14-18,21H2,1H3. The average molecular weight is 541 g/mol. The Morgan fingerprint density at radius 2 is 1.78 bits per heavy atom. The van der Waals surface area contributed by atoms with E-state index in [2.05, 4.69) is 16.9 Å². The summed E-state index contributed by atoms with van der Waals surface area (Å²) in [6, 6.07) is 16.0. The van der Waals surface area contributed by atoms with E-state index < -0.39 is 15.6 Å². The van der Waals surface area contributed by atoms with E-state index in [9.17, 15) is 13.2 Å². The van der Waals surface area contributed by atoms with Gasteiger partial charge in [0.1, 0.15) is 12.3 Å². The van der Waals surface area contributed by atoms with Gasteiger partial charge in [-0.25, -0.2) is 8.42 Å². The van der Waals surface area contributed by atoms with Crippen LogP contribution < -0.4 is 15.2 Å². The molecule has 0 radical (unpaired) electrons. The zero-order chi connectivity index (χ0) is 26.3. The van der Waals surface area contributed by atoms with E-state index in [0.29, 0.717) is 42.6 Å². The number of benzene rings is 2. The minimum Gasteiger partial charge on any atom is -0.473 e. The summed E-state index contributed by atoms with van der Waals surface area (Å²) in [5.74, 6) is 6.04. The Labute approximate surface area is 222 Å². The van der Waals surface area contributed by atoms with Crippen molar-refractivity contribution in [3.63, 3.8) is 0 Å². The van der Waals surface area contributed by atoms with E-state index in [4.69, 9.17) is 16.3 Å². The molecule has 0 atom stereocenters. The van der Waals surface area contributed by atoms with Crippen molar-refractivity contribution >= 4 is 27.3 Å². The van der Waals surface area contributed by atoms with Crippen molar-refractivity contribution in [2.75, 3.05) is 37.7 Å². The van der Waals surface area contributed by atoms with Gasteiger partial charge in [-0.1, -0.05) is 66.8 Å². The Kier molecular flexibility index (Phi) is 8.87. The lowest BCUT2D eigenvalue weighted by Gasteiger charge is -2.35. The van der Waals surface area contributed by atoms with Crippen molar-refractivity contribution in [3.05, 3.63) is 81.7 Å². The molecule has 1 fully saturated rings. The molecular formula is C27H29ClN4O4S. The molecular weight excluding hydrogens is 512 g/mol. The Balaban J connectivity index is 1.56. The topological polar surface area (TPSA) is 84.7 Å². The molecule has 2 aromatic carbocycles. The van der Waals surface area contributed by atoms with Crippen molar-refractivity contribution in [2.24, 2.45) is 0 Å². The van der Waals surface area contributed by atoms with Gasteiger partial charge in [0.15, 0.2) is 0 Å². The highest BCUT2D eigenvalue weighted by molar-refractivity contribution is 7.88. The summed E-state index contributed by atoms with van der Waals surface area (Å²) in [5.41, 5.74) is 1.35. The van der Waals surface area contributed by atoms with Crippen LogP contribution in [-0.2, 0) is 15.8 Å². The van der Waals surface area contributed by atoms with Crippen molar-refractivity contribution in [2.45, 2.75) is 25.5 Å². The van der Waals surface area contributed by atoms with Crippen LogP contribution in [0.2, 0.25) is 5.02 Å². The largest absolute Gasteiger partial charge is 0.473 e. The summed E-state index contributed by atoms with van der Waals surface area (Å²) in [6.45, 7) is 3.49. The van der Waals surface area contributed by atoms with E-state index in [1.807, 2.05) is 30.0 Å². The second kappa shape index (κ2) is 12.3. The minimum absolute atomic E-state index is 0.0458. The fourth-order valence-corrected chi connectivity index (χ4v) is 5.74. The van der Waals surface area contributed by atoms with Crippen molar-refractivity contribution < 1.29 is 13.2 Å². The molecule has 37 heavy (non-hydrogen) atoms. The lowest BCUT2D eigenvalue weighted by molar-refractivity contribution is 0.353. The number of nitrogens with zero attached hydrogens (tertiary/aromatic N) is 4. The van der Waals surface area contributed by atoms with Crippen LogP contribution in [0.15, 0.2) is 65.6 Å². The summed E-state index contributed by atoms with van der Waals surface area (Å²) in [5, 5.41) is 4.85. The maximum Gasteiger partial charge on any atom is 0.316 e. The van der Waals surface area contributed by atoms with E-state index >= 15 is 0 Å². The molecule has 0 bridgehead atoms. The second-order valence-electron chi connectivity index (χ2n) is 8.58. The van der Waals surface area contributed by atoms with Crippen molar-refractivity contribution in [3.8, 4) is 23.3 Å². The molecule has 0 unspecified atom stereocenters. The second-order valence-corrected chi connectivity index (χ2v) is 11.0. The van der Waals surface area contributed by atoms with Gasteiger partial charge in [0.25, 0.3) is 0 Å². The molecule has 8 nitrogen and oxygen atoms in total. The first-order valence-electron chi connectivity index (χ1n) is 12.1. The fourth-order valence-electron chi connectivity index (χ4n) is 4.04. The van der Waals surface area contributed by atoms with Gasteiger partial charge in [-0.2, -0.15) is 14.1 Å². The van der Waals surface area contributed by atoms with Crippen LogP contribution in [0, 0.1) is 11.8 Å². The molecule has 1 aliphatic rings. The quantitative estimate of drug-likeness (QED) is 0.405. The number of piperazine rings is 1. The van der Waals surface area contributed by atoms with Gasteiger partial charge in [-0.05, 0) is 30.2 Å². The molecule has 1 aliphatic heterocycles. The number of hydrogen-bond acceptors (Lipinski definition) is 6. The third-order valence-corrected chi connectivity index (χ3v) is 8.01.